The minimum absolute atomic E-state index is 0.0253. The number of rotatable bonds is 13. The number of benzene rings is 4. The molecule has 0 saturated carbocycles. The Balaban J connectivity index is 1.17. The van der Waals surface area contributed by atoms with E-state index in [9.17, 15) is 39.4 Å². The van der Waals surface area contributed by atoms with Gasteiger partial charge in [0.15, 0.2) is 11.6 Å². The second kappa shape index (κ2) is 16.9. The molecule has 0 spiro atoms. The lowest BCUT2D eigenvalue weighted by Gasteiger charge is -2.15. The van der Waals surface area contributed by atoms with Crippen LogP contribution in [-0.2, 0) is 11.2 Å². The molecular weight excluding hydrogens is 688 g/mol. The summed E-state index contributed by atoms with van der Waals surface area (Å²) in [5.41, 5.74) is 3.84. The van der Waals surface area contributed by atoms with Crippen LogP contribution in [0.1, 0.15) is 76.7 Å². The number of anilines is 3. The number of nitrogens with one attached hydrogen (secondary N) is 3. The van der Waals surface area contributed by atoms with Crippen molar-refractivity contribution < 1.29 is 34.2 Å². The first-order chi connectivity index (χ1) is 25.9. The molecule has 54 heavy (non-hydrogen) atoms. The van der Waals surface area contributed by atoms with Crippen LogP contribution in [0.3, 0.4) is 0 Å². The molecule has 3 amide bonds. The number of nitriles is 1. The molecule has 1 unspecified atom stereocenters. The zero-order chi connectivity index (χ0) is 38.9. The Morgan fingerprint density at radius 2 is 1.35 bits per heavy atom. The average Bonchev–Trinajstić information content (AvgIpc) is 3.17. The Labute approximate surface area is 310 Å². The largest absolute Gasteiger partial charge is 0.507 e. The lowest BCUT2D eigenvalue weighted by molar-refractivity contribution is -0.119. The first kappa shape index (κ1) is 38.0. The van der Waals surface area contributed by atoms with E-state index in [1.165, 1.54) is 42.6 Å². The van der Waals surface area contributed by atoms with E-state index in [0.717, 1.165) is 0 Å². The van der Waals surface area contributed by atoms with Gasteiger partial charge < -0.3 is 26.2 Å². The Morgan fingerprint density at radius 1 is 0.722 bits per heavy atom. The van der Waals surface area contributed by atoms with Crippen LogP contribution in [-0.4, -0.2) is 49.7 Å². The highest BCUT2D eigenvalue weighted by molar-refractivity contribution is 6.09. The molecule has 0 aliphatic rings. The van der Waals surface area contributed by atoms with Crippen LogP contribution in [0.25, 0.3) is 0 Å². The summed E-state index contributed by atoms with van der Waals surface area (Å²) in [6.45, 7) is 4.95. The van der Waals surface area contributed by atoms with Gasteiger partial charge in [-0.2, -0.15) is 10.4 Å². The van der Waals surface area contributed by atoms with Gasteiger partial charge >= 0.3 is 0 Å². The maximum absolute atomic E-state index is 13.1. The van der Waals surface area contributed by atoms with Crippen LogP contribution in [0.4, 0.5) is 17.1 Å². The molecule has 4 aromatic carbocycles. The van der Waals surface area contributed by atoms with Crippen molar-refractivity contribution in [1.29, 1.82) is 5.26 Å². The van der Waals surface area contributed by atoms with Crippen LogP contribution in [0.15, 0.2) is 91.1 Å². The van der Waals surface area contributed by atoms with E-state index in [0.29, 0.717) is 33.6 Å². The molecule has 0 radical (unpaired) electrons. The van der Waals surface area contributed by atoms with Crippen molar-refractivity contribution >= 4 is 46.4 Å². The second-order valence-corrected chi connectivity index (χ2v) is 12.6. The highest BCUT2D eigenvalue weighted by Gasteiger charge is 2.24. The fourth-order valence-electron chi connectivity index (χ4n) is 5.57. The lowest BCUT2D eigenvalue weighted by Crippen LogP contribution is -2.25. The summed E-state index contributed by atoms with van der Waals surface area (Å²) in [6.07, 6.45) is 1.12. The van der Waals surface area contributed by atoms with Gasteiger partial charge in [0.2, 0.25) is 5.91 Å². The van der Waals surface area contributed by atoms with Gasteiger partial charge in [-0.25, -0.2) is 0 Å². The third-order valence-electron chi connectivity index (χ3n) is 8.86. The third-order valence-corrected chi connectivity index (χ3v) is 8.86. The number of aromatic nitrogens is 2. The molecular formula is C41H36N6O7. The van der Waals surface area contributed by atoms with Crippen LogP contribution in [0.2, 0.25) is 0 Å². The van der Waals surface area contributed by atoms with Gasteiger partial charge in [0.05, 0.1) is 17.6 Å². The summed E-state index contributed by atoms with van der Waals surface area (Å²) in [5.74, 6) is -3.44. The average molecular weight is 725 g/mol. The van der Waals surface area contributed by atoms with Crippen LogP contribution < -0.4 is 16.0 Å². The third kappa shape index (κ3) is 8.99. The van der Waals surface area contributed by atoms with E-state index in [1.807, 2.05) is 6.07 Å². The number of hydrogen-bond acceptors (Lipinski definition) is 10. The van der Waals surface area contributed by atoms with E-state index >= 15 is 0 Å². The predicted molar refractivity (Wildman–Crippen MR) is 201 cm³/mol. The van der Waals surface area contributed by atoms with Gasteiger partial charge in [-0.05, 0) is 86.5 Å². The monoisotopic (exact) mass is 724 g/mol. The number of phenolic OH excluding ortho intramolecular Hbond substituents is 2. The minimum atomic E-state index is -0.947. The number of nitrogens with zero attached hydrogens (tertiary/aromatic N) is 3. The first-order valence-corrected chi connectivity index (χ1v) is 16.8. The molecule has 0 aliphatic carbocycles. The normalized spacial score (nSPS) is 11.1. The zero-order valence-electron chi connectivity index (χ0n) is 29.6. The Kier molecular flexibility index (Phi) is 11.9. The van der Waals surface area contributed by atoms with Gasteiger partial charge in [-0.3, -0.25) is 24.0 Å². The zero-order valence-corrected chi connectivity index (χ0v) is 29.6. The molecule has 5 aromatic rings. The van der Waals surface area contributed by atoms with Gasteiger partial charge in [-0.15, -0.1) is 5.10 Å². The van der Waals surface area contributed by atoms with Crippen molar-refractivity contribution in [3.8, 4) is 17.6 Å². The number of aromatic hydroxyl groups is 2. The van der Waals surface area contributed by atoms with E-state index in [4.69, 9.17) is 0 Å². The van der Waals surface area contributed by atoms with Crippen molar-refractivity contribution in [2.24, 2.45) is 5.92 Å². The van der Waals surface area contributed by atoms with E-state index in [2.05, 4.69) is 26.1 Å². The molecule has 0 fully saturated rings. The fourth-order valence-corrected chi connectivity index (χ4v) is 5.57. The number of ketones is 2. The number of aryl methyl sites for hydroxylation is 1. The lowest BCUT2D eigenvalue weighted by atomic mass is 9.94. The molecule has 13 heteroatoms. The molecule has 13 nitrogen and oxygen atoms in total. The number of phenols is 2. The first-order valence-electron chi connectivity index (χ1n) is 16.8. The molecule has 0 saturated heterocycles. The molecule has 1 heterocycles. The van der Waals surface area contributed by atoms with E-state index in [1.54, 1.807) is 69.3 Å². The molecule has 5 N–H and O–H groups in total. The summed E-state index contributed by atoms with van der Waals surface area (Å²) in [6, 6.07) is 23.7. The molecule has 272 valence electrons. The molecule has 1 atom stereocenters. The van der Waals surface area contributed by atoms with Crippen molar-refractivity contribution in [2.75, 3.05) is 16.0 Å². The van der Waals surface area contributed by atoms with Crippen molar-refractivity contribution in [3.05, 3.63) is 136 Å². The summed E-state index contributed by atoms with van der Waals surface area (Å²) in [5, 5.41) is 46.0. The minimum Gasteiger partial charge on any atom is -0.507 e. The molecule has 5 rings (SSSR count). The number of amides is 3. The Morgan fingerprint density at radius 3 is 2.00 bits per heavy atom. The Hall–Kier alpha value is -7.20. The smallest absolute Gasteiger partial charge is 0.259 e. The fraction of sp³-hybridized carbons (Fsp3) is 0.171. The quantitative estimate of drug-likeness (QED) is 0.0834. The number of Topliss-reactive ketones (excluding diaryl/α,β-unsaturated/α-hetero) is 2. The summed E-state index contributed by atoms with van der Waals surface area (Å²) < 4.78 is 0. The van der Waals surface area contributed by atoms with Gasteiger partial charge in [0.1, 0.15) is 17.2 Å². The standard InChI is InChI=1S/C41H36N6O7/c1-23-6-16-32(24(2)37(23)50)46-41(54)31-15-17-33(25(3)38(31)51)45-39(52)28-11-13-30(14-12-28)44-40(53)29(18-19-42)22-35(48)27-9-7-26(8-10-27)21-36(49)34-5-4-20-43-47-34/h4-17,20,29,50-51H,18,21-22H2,1-3H3,(H,44,53)(H,45,52)(H,46,54). The SMILES string of the molecule is Cc1ccc(NC(=O)c2ccc(NC(=O)c3ccc(NC(=O)C(CC#N)CC(=O)c4ccc(CC(=O)c5cccnn5)cc4)cc3)c(C)c2O)c(C)c1O. The van der Waals surface area contributed by atoms with Gasteiger partial charge in [-0.1, -0.05) is 30.3 Å². The van der Waals surface area contributed by atoms with Gasteiger partial charge in [0.25, 0.3) is 11.8 Å². The highest BCUT2D eigenvalue weighted by atomic mass is 16.3. The molecule has 0 aliphatic heterocycles. The number of carbonyl (C=O) groups excluding carboxylic acids is 5. The predicted octanol–water partition coefficient (Wildman–Crippen LogP) is 6.48. The van der Waals surface area contributed by atoms with Gasteiger partial charge in [0, 0.05) is 64.8 Å². The highest BCUT2D eigenvalue weighted by Crippen LogP contribution is 2.32. The van der Waals surface area contributed by atoms with Crippen LogP contribution in [0, 0.1) is 38.0 Å². The summed E-state index contributed by atoms with van der Waals surface area (Å²) in [7, 11) is 0. The summed E-state index contributed by atoms with van der Waals surface area (Å²) in [4.78, 5) is 64.6. The van der Waals surface area contributed by atoms with Crippen molar-refractivity contribution in [2.45, 2.75) is 40.0 Å². The number of hydrogen-bond donors (Lipinski definition) is 5. The molecule has 0 bridgehead atoms. The summed E-state index contributed by atoms with van der Waals surface area (Å²) >= 11 is 0. The van der Waals surface area contributed by atoms with E-state index in [-0.39, 0.29) is 70.4 Å². The van der Waals surface area contributed by atoms with Crippen molar-refractivity contribution in [1.82, 2.24) is 10.2 Å². The molecule has 1 aromatic heterocycles. The van der Waals surface area contributed by atoms with Crippen molar-refractivity contribution in [3.63, 3.8) is 0 Å². The topological polar surface area (TPSA) is 211 Å². The Bertz CT molecular complexity index is 2280. The van der Waals surface area contributed by atoms with Crippen LogP contribution >= 0.6 is 0 Å². The van der Waals surface area contributed by atoms with Crippen LogP contribution in [0.5, 0.6) is 11.5 Å². The maximum atomic E-state index is 13.1. The van der Waals surface area contributed by atoms with E-state index < -0.39 is 23.6 Å². The second-order valence-electron chi connectivity index (χ2n) is 12.6. The maximum Gasteiger partial charge on any atom is 0.259 e. The number of carbonyl (C=O) groups is 5.